The van der Waals surface area contributed by atoms with Crippen molar-refractivity contribution in [3.63, 3.8) is 0 Å². The maximum atomic E-state index is 12.2. The molecule has 0 saturated carbocycles. The van der Waals surface area contributed by atoms with Crippen molar-refractivity contribution in [3.8, 4) is 5.75 Å². The fourth-order valence-corrected chi connectivity index (χ4v) is 1.80. The molecule has 2 rings (SSSR count). The molecule has 100 valence electrons. The molecule has 0 radical (unpaired) electrons. The van der Waals surface area contributed by atoms with Crippen molar-refractivity contribution < 1.29 is 13.5 Å². The summed E-state index contributed by atoms with van der Waals surface area (Å²) in [4.78, 5) is 0. The van der Waals surface area contributed by atoms with Crippen molar-refractivity contribution >= 4 is 5.69 Å². The van der Waals surface area contributed by atoms with Gasteiger partial charge in [-0.3, -0.25) is 0 Å². The first-order valence-corrected chi connectivity index (χ1v) is 6.07. The Morgan fingerprint density at radius 1 is 0.947 bits per heavy atom. The third kappa shape index (κ3) is 4.25. The van der Waals surface area contributed by atoms with Crippen LogP contribution < -0.4 is 10.1 Å². The Labute approximate surface area is 111 Å². The normalized spacial score (nSPS) is 10.5. The summed E-state index contributed by atoms with van der Waals surface area (Å²) in [6.45, 7) is -2.15. The number of anilines is 1. The summed E-state index contributed by atoms with van der Waals surface area (Å²) in [5.74, 6) is 0.172. The Balaban J connectivity index is 1.92. The van der Waals surface area contributed by atoms with E-state index in [1.165, 1.54) is 11.6 Å². The van der Waals surface area contributed by atoms with E-state index in [0.717, 1.165) is 6.42 Å². The van der Waals surface area contributed by atoms with Crippen LogP contribution in [0.3, 0.4) is 0 Å². The van der Waals surface area contributed by atoms with Crippen LogP contribution in [-0.4, -0.2) is 13.2 Å². The summed E-state index contributed by atoms with van der Waals surface area (Å²) >= 11 is 0. The Hall–Kier alpha value is -2.10. The van der Waals surface area contributed by atoms with E-state index in [4.69, 9.17) is 0 Å². The first kappa shape index (κ1) is 13.3. The van der Waals surface area contributed by atoms with E-state index in [-0.39, 0.29) is 5.75 Å². The fourth-order valence-electron chi connectivity index (χ4n) is 1.80. The number of rotatable bonds is 6. The van der Waals surface area contributed by atoms with Gasteiger partial charge in [-0.25, -0.2) is 0 Å². The van der Waals surface area contributed by atoms with Gasteiger partial charge in [-0.15, -0.1) is 0 Å². The van der Waals surface area contributed by atoms with Crippen LogP contribution in [-0.2, 0) is 6.42 Å². The number of halogens is 2. The number of hydrogen-bond donors (Lipinski definition) is 1. The van der Waals surface area contributed by atoms with E-state index in [1.807, 2.05) is 30.3 Å². The van der Waals surface area contributed by atoms with Crippen LogP contribution >= 0.6 is 0 Å². The summed E-state index contributed by atoms with van der Waals surface area (Å²) in [6.07, 6.45) is 0.823. The van der Waals surface area contributed by atoms with Gasteiger partial charge in [-0.2, -0.15) is 8.78 Å². The zero-order chi connectivity index (χ0) is 13.5. The van der Waals surface area contributed by atoms with E-state index < -0.39 is 6.61 Å². The van der Waals surface area contributed by atoms with Crippen LogP contribution in [0, 0.1) is 0 Å². The number of ether oxygens (including phenoxy) is 1. The monoisotopic (exact) mass is 263 g/mol. The minimum Gasteiger partial charge on any atom is -0.433 e. The van der Waals surface area contributed by atoms with Gasteiger partial charge in [-0.05, 0) is 24.1 Å². The topological polar surface area (TPSA) is 21.3 Å². The predicted octanol–water partition coefficient (Wildman–Crippen LogP) is 3.94. The van der Waals surface area contributed by atoms with Gasteiger partial charge in [0.15, 0.2) is 0 Å². The number of alkyl halides is 2. The first-order chi connectivity index (χ1) is 9.25. The van der Waals surface area contributed by atoms with Gasteiger partial charge in [0, 0.05) is 6.54 Å². The lowest BCUT2D eigenvalue weighted by Gasteiger charge is -2.12. The Morgan fingerprint density at radius 3 is 2.37 bits per heavy atom. The van der Waals surface area contributed by atoms with Crippen molar-refractivity contribution in [3.05, 3.63) is 60.2 Å². The highest BCUT2D eigenvalue weighted by atomic mass is 19.3. The highest BCUT2D eigenvalue weighted by Gasteiger charge is 2.08. The molecule has 0 fully saturated rings. The van der Waals surface area contributed by atoms with Crippen molar-refractivity contribution in [1.82, 2.24) is 0 Å². The Kier molecular flexibility index (Phi) is 4.72. The molecule has 4 heteroatoms. The Morgan fingerprint density at radius 2 is 1.63 bits per heavy atom. The molecule has 2 nitrogen and oxygen atoms in total. The van der Waals surface area contributed by atoms with Crippen LogP contribution in [0.1, 0.15) is 5.56 Å². The second kappa shape index (κ2) is 6.73. The number of benzene rings is 2. The summed E-state index contributed by atoms with van der Waals surface area (Å²) in [5, 5.41) is 3.11. The molecule has 2 aromatic carbocycles. The molecular formula is C15H15F2NO. The fraction of sp³-hybridized carbons (Fsp3) is 0.200. The van der Waals surface area contributed by atoms with Crippen molar-refractivity contribution in [1.29, 1.82) is 0 Å². The van der Waals surface area contributed by atoms with Gasteiger partial charge in [0.1, 0.15) is 5.75 Å². The highest BCUT2D eigenvalue weighted by molar-refractivity contribution is 5.56. The average molecular weight is 263 g/mol. The van der Waals surface area contributed by atoms with Crippen LogP contribution in [0.15, 0.2) is 54.6 Å². The SMILES string of the molecule is FC(F)Oc1ccccc1NCCc1ccccc1. The molecule has 0 aromatic heterocycles. The molecule has 2 aromatic rings. The number of nitrogens with one attached hydrogen (secondary N) is 1. The van der Waals surface area contributed by atoms with Gasteiger partial charge >= 0.3 is 6.61 Å². The van der Waals surface area contributed by atoms with E-state index >= 15 is 0 Å². The summed E-state index contributed by atoms with van der Waals surface area (Å²) in [7, 11) is 0. The van der Waals surface area contributed by atoms with Crippen molar-refractivity contribution in [2.45, 2.75) is 13.0 Å². The molecule has 0 atom stereocenters. The third-order valence-electron chi connectivity index (χ3n) is 2.68. The molecule has 0 heterocycles. The second-order valence-corrected chi connectivity index (χ2v) is 4.04. The summed E-state index contributed by atoms with van der Waals surface area (Å²) in [6, 6.07) is 16.7. The Bertz CT molecular complexity index is 503. The smallest absolute Gasteiger partial charge is 0.387 e. The lowest BCUT2D eigenvalue weighted by Crippen LogP contribution is -2.08. The predicted molar refractivity (Wildman–Crippen MR) is 71.7 cm³/mol. The van der Waals surface area contributed by atoms with Gasteiger partial charge in [-0.1, -0.05) is 42.5 Å². The third-order valence-corrected chi connectivity index (χ3v) is 2.68. The highest BCUT2D eigenvalue weighted by Crippen LogP contribution is 2.25. The average Bonchev–Trinajstić information content (AvgIpc) is 2.41. The van der Waals surface area contributed by atoms with Gasteiger partial charge < -0.3 is 10.1 Å². The molecule has 0 aliphatic rings. The zero-order valence-corrected chi connectivity index (χ0v) is 10.4. The standard InChI is InChI=1S/C15H15F2NO/c16-15(17)19-14-9-5-4-8-13(14)18-11-10-12-6-2-1-3-7-12/h1-9,15,18H,10-11H2. The van der Waals surface area contributed by atoms with E-state index in [0.29, 0.717) is 12.2 Å². The van der Waals surface area contributed by atoms with Crippen molar-refractivity contribution in [2.75, 3.05) is 11.9 Å². The van der Waals surface area contributed by atoms with Crippen molar-refractivity contribution in [2.24, 2.45) is 0 Å². The molecular weight excluding hydrogens is 248 g/mol. The minimum atomic E-state index is -2.81. The number of para-hydroxylation sites is 2. The van der Waals surface area contributed by atoms with Gasteiger partial charge in [0.05, 0.1) is 5.69 Å². The zero-order valence-electron chi connectivity index (χ0n) is 10.4. The summed E-state index contributed by atoms with van der Waals surface area (Å²) < 4.78 is 28.9. The lowest BCUT2D eigenvalue weighted by molar-refractivity contribution is -0.0493. The molecule has 19 heavy (non-hydrogen) atoms. The molecule has 0 aliphatic heterocycles. The summed E-state index contributed by atoms with van der Waals surface area (Å²) in [5.41, 5.74) is 1.78. The van der Waals surface area contributed by atoms with E-state index in [2.05, 4.69) is 10.1 Å². The van der Waals surface area contributed by atoms with E-state index in [9.17, 15) is 8.78 Å². The van der Waals surface area contributed by atoms with Crippen LogP contribution in [0.5, 0.6) is 5.75 Å². The lowest BCUT2D eigenvalue weighted by atomic mass is 10.1. The van der Waals surface area contributed by atoms with Crippen LogP contribution in [0.2, 0.25) is 0 Å². The molecule has 0 bridgehead atoms. The largest absolute Gasteiger partial charge is 0.433 e. The molecule has 0 unspecified atom stereocenters. The first-order valence-electron chi connectivity index (χ1n) is 6.07. The quantitative estimate of drug-likeness (QED) is 0.852. The molecule has 0 spiro atoms. The number of hydrogen-bond acceptors (Lipinski definition) is 2. The maximum absolute atomic E-state index is 12.2. The molecule has 0 aliphatic carbocycles. The second-order valence-electron chi connectivity index (χ2n) is 4.04. The van der Waals surface area contributed by atoms with E-state index in [1.54, 1.807) is 18.2 Å². The van der Waals surface area contributed by atoms with Crippen LogP contribution in [0.4, 0.5) is 14.5 Å². The van der Waals surface area contributed by atoms with Gasteiger partial charge in [0.2, 0.25) is 0 Å². The van der Waals surface area contributed by atoms with Crippen LogP contribution in [0.25, 0.3) is 0 Å². The van der Waals surface area contributed by atoms with Gasteiger partial charge in [0.25, 0.3) is 0 Å². The minimum absolute atomic E-state index is 0.172. The maximum Gasteiger partial charge on any atom is 0.387 e. The molecule has 1 N–H and O–H groups in total. The molecule has 0 amide bonds. The molecule has 0 saturated heterocycles.